The SMILES string of the molecule is O=C(COc1cccc([N+](=O)[O-])c1)N1CCN(Cc2cccc([N+](=O)[O-])c2)CC1. The van der Waals surface area contributed by atoms with E-state index in [1.807, 2.05) is 6.07 Å². The summed E-state index contributed by atoms with van der Waals surface area (Å²) in [4.78, 5) is 36.9. The standard InChI is InChI=1S/C19H20N4O6/c24-19(14-29-18-6-2-5-17(12-18)23(27)28)21-9-7-20(8-10-21)13-15-3-1-4-16(11-15)22(25)26/h1-6,11-12H,7-10,13-14H2. The maximum absolute atomic E-state index is 12.3. The third-order valence-corrected chi connectivity index (χ3v) is 4.64. The number of benzene rings is 2. The van der Waals surface area contributed by atoms with Crippen LogP contribution in [0.1, 0.15) is 5.56 Å². The highest BCUT2D eigenvalue weighted by molar-refractivity contribution is 5.77. The van der Waals surface area contributed by atoms with Crippen molar-refractivity contribution in [2.45, 2.75) is 6.54 Å². The van der Waals surface area contributed by atoms with Gasteiger partial charge in [-0.2, -0.15) is 0 Å². The number of nitro benzene ring substituents is 2. The largest absolute Gasteiger partial charge is 0.484 e. The second-order valence-corrected chi connectivity index (χ2v) is 6.63. The molecule has 1 heterocycles. The van der Waals surface area contributed by atoms with Gasteiger partial charge in [-0.1, -0.05) is 18.2 Å². The van der Waals surface area contributed by atoms with Crippen molar-refractivity contribution in [1.82, 2.24) is 9.80 Å². The van der Waals surface area contributed by atoms with Crippen molar-refractivity contribution in [3.05, 3.63) is 74.3 Å². The van der Waals surface area contributed by atoms with Crippen LogP contribution in [0.3, 0.4) is 0 Å². The molecule has 0 N–H and O–H groups in total. The van der Waals surface area contributed by atoms with Gasteiger partial charge in [-0.05, 0) is 11.6 Å². The van der Waals surface area contributed by atoms with Gasteiger partial charge in [0.1, 0.15) is 5.75 Å². The smallest absolute Gasteiger partial charge is 0.273 e. The minimum absolute atomic E-state index is 0.0645. The summed E-state index contributed by atoms with van der Waals surface area (Å²) >= 11 is 0. The Kier molecular flexibility index (Phi) is 6.35. The molecule has 0 bridgehead atoms. The van der Waals surface area contributed by atoms with Crippen LogP contribution in [0.4, 0.5) is 11.4 Å². The van der Waals surface area contributed by atoms with Crippen molar-refractivity contribution < 1.29 is 19.4 Å². The lowest BCUT2D eigenvalue weighted by molar-refractivity contribution is -0.385. The molecule has 3 rings (SSSR count). The van der Waals surface area contributed by atoms with Crippen LogP contribution in [0.2, 0.25) is 0 Å². The molecule has 2 aromatic rings. The van der Waals surface area contributed by atoms with Crippen LogP contribution in [0.5, 0.6) is 5.75 Å². The zero-order chi connectivity index (χ0) is 20.8. The molecule has 10 heteroatoms. The molecule has 0 atom stereocenters. The maximum Gasteiger partial charge on any atom is 0.273 e. The van der Waals surface area contributed by atoms with E-state index < -0.39 is 9.85 Å². The number of hydrogen-bond donors (Lipinski definition) is 0. The van der Waals surface area contributed by atoms with Gasteiger partial charge in [0.25, 0.3) is 17.3 Å². The lowest BCUT2D eigenvalue weighted by Gasteiger charge is -2.34. The number of piperazine rings is 1. The van der Waals surface area contributed by atoms with Crippen molar-refractivity contribution in [2.75, 3.05) is 32.8 Å². The minimum atomic E-state index is -0.519. The third kappa shape index (κ3) is 5.48. The van der Waals surface area contributed by atoms with Crippen LogP contribution < -0.4 is 4.74 Å². The van der Waals surface area contributed by atoms with Gasteiger partial charge >= 0.3 is 0 Å². The van der Waals surface area contributed by atoms with Crippen molar-refractivity contribution in [3.63, 3.8) is 0 Å². The summed E-state index contributed by atoms with van der Waals surface area (Å²) in [5.74, 6) is 0.0864. The summed E-state index contributed by atoms with van der Waals surface area (Å²) in [6, 6.07) is 12.2. The second-order valence-electron chi connectivity index (χ2n) is 6.63. The van der Waals surface area contributed by atoms with Crippen molar-refractivity contribution >= 4 is 17.3 Å². The second kappa shape index (κ2) is 9.11. The Balaban J connectivity index is 1.47. The van der Waals surface area contributed by atoms with Gasteiger partial charge in [-0.15, -0.1) is 0 Å². The number of carbonyl (C=O) groups is 1. The first-order valence-corrected chi connectivity index (χ1v) is 9.03. The molecule has 0 spiro atoms. The average Bonchev–Trinajstić information content (AvgIpc) is 2.73. The first-order valence-electron chi connectivity index (χ1n) is 9.03. The molecule has 0 aromatic heterocycles. The molecule has 1 aliphatic heterocycles. The number of non-ortho nitro benzene ring substituents is 2. The molecule has 1 aliphatic rings. The maximum atomic E-state index is 12.3. The van der Waals surface area contributed by atoms with Gasteiger partial charge in [0.2, 0.25) is 0 Å². The first kappa shape index (κ1) is 20.2. The van der Waals surface area contributed by atoms with Crippen LogP contribution in [0.25, 0.3) is 0 Å². The summed E-state index contributed by atoms with van der Waals surface area (Å²) < 4.78 is 5.40. The van der Waals surface area contributed by atoms with Crippen LogP contribution in [0.15, 0.2) is 48.5 Å². The molecule has 10 nitrogen and oxygen atoms in total. The van der Waals surface area contributed by atoms with Gasteiger partial charge in [0.05, 0.1) is 15.9 Å². The topological polar surface area (TPSA) is 119 Å². The summed E-state index contributed by atoms with van der Waals surface area (Å²) in [5, 5.41) is 21.7. The monoisotopic (exact) mass is 400 g/mol. The molecule has 0 unspecified atom stereocenters. The molecule has 1 fully saturated rings. The van der Waals surface area contributed by atoms with Gasteiger partial charge in [0.15, 0.2) is 6.61 Å². The number of nitro groups is 2. The highest BCUT2D eigenvalue weighted by Gasteiger charge is 2.22. The lowest BCUT2D eigenvalue weighted by atomic mass is 10.1. The fourth-order valence-electron chi connectivity index (χ4n) is 3.11. The summed E-state index contributed by atoms with van der Waals surface area (Å²) in [7, 11) is 0. The van der Waals surface area contributed by atoms with Crippen LogP contribution in [-0.2, 0) is 11.3 Å². The minimum Gasteiger partial charge on any atom is -0.484 e. The molecule has 1 saturated heterocycles. The van der Waals surface area contributed by atoms with E-state index in [0.717, 1.165) is 5.56 Å². The number of carbonyl (C=O) groups excluding carboxylic acids is 1. The molecule has 2 aromatic carbocycles. The van der Waals surface area contributed by atoms with E-state index in [0.29, 0.717) is 32.7 Å². The quantitative estimate of drug-likeness (QED) is 0.516. The Morgan fingerprint density at radius 2 is 1.55 bits per heavy atom. The number of rotatable bonds is 7. The van der Waals surface area contributed by atoms with Crippen LogP contribution in [-0.4, -0.2) is 58.3 Å². The summed E-state index contributed by atoms with van der Waals surface area (Å²) in [6.07, 6.45) is 0. The predicted octanol–water partition coefficient (Wildman–Crippen LogP) is 2.23. The van der Waals surface area contributed by atoms with Crippen molar-refractivity contribution in [3.8, 4) is 5.75 Å². The highest BCUT2D eigenvalue weighted by Crippen LogP contribution is 2.19. The Morgan fingerprint density at radius 3 is 2.21 bits per heavy atom. The van der Waals surface area contributed by atoms with Crippen molar-refractivity contribution in [1.29, 1.82) is 0 Å². The first-order chi connectivity index (χ1) is 13.9. The molecule has 1 amide bonds. The molecule has 0 radical (unpaired) electrons. The molecule has 29 heavy (non-hydrogen) atoms. The Hall–Kier alpha value is -3.53. The van der Waals surface area contributed by atoms with Gasteiger partial charge in [-0.25, -0.2) is 0 Å². The van der Waals surface area contributed by atoms with Gasteiger partial charge in [0, 0.05) is 50.9 Å². The van der Waals surface area contributed by atoms with Crippen molar-refractivity contribution in [2.24, 2.45) is 0 Å². The number of amides is 1. The fourth-order valence-corrected chi connectivity index (χ4v) is 3.11. The lowest BCUT2D eigenvalue weighted by Crippen LogP contribution is -2.49. The van der Waals surface area contributed by atoms with E-state index in [1.54, 1.807) is 23.1 Å². The van der Waals surface area contributed by atoms with E-state index in [1.165, 1.54) is 24.3 Å². The Labute approximate surface area is 166 Å². The third-order valence-electron chi connectivity index (χ3n) is 4.64. The molecular formula is C19H20N4O6. The zero-order valence-corrected chi connectivity index (χ0v) is 15.6. The predicted molar refractivity (Wildman–Crippen MR) is 104 cm³/mol. The number of nitrogens with zero attached hydrogens (tertiary/aromatic N) is 4. The Bertz CT molecular complexity index is 911. The molecule has 0 aliphatic carbocycles. The van der Waals surface area contributed by atoms with Gasteiger partial charge in [-0.3, -0.25) is 29.9 Å². The van der Waals surface area contributed by atoms with E-state index in [4.69, 9.17) is 4.74 Å². The zero-order valence-electron chi connectivity index (χ0n) is 15.6. The molecular weight excluding hydrogens is 380 g/mol. The van der Waals surface area contributed by atoms with Gasteiger partial charge < -0.3 is 9.64 Å². The average molecular weight is 400 g/mol. The normalized spacial score (nSPS) is 14.4. The number of hydrogen-bond acceptors (Lipinski definition) is 7. The Morgan fingerprint density at radius 1 is 0.931 bits per heavy atom. The van der Waals surface area contributed by atoms with Crippen LogP contribution in [0, 0.1) is 20.2 Å². The van der Waals surface area contributed by atoms with E-state index in [9.17, 15) is 25.0 Å². The summed E-state index contributed by atoms with van der Waals surface area (Å²) in [6.45, 7) is 2.72. The fraction of sp³-hybridized carbons (Fsp3) is 0.316. The molecule has 152 valence electrons. The van der Waals surface area contributed by atoms with E-state index >= 15 is 0 Å². The van der Waals surface area contributed by atoms with E-state index in [2.05, 4.69) is 4.90 Å². The summed E-state index contributed by atoms with van der Waals surface area (Å²) in [5.41, 5.74) is 0.826. The van der Waals surface area contributed by atoms with E-state index in [-0.39, 0.29) is 29.6 Å². The molecule has 0 saturated carbocycles. The van der Waals surface area contributed by atoms with Crippen LogP contribution >= 0.6 is 0 Å². The highest BCUT2D eigenvalue weighted by atomic mass is 16.6. The number of ether oxygens (including phenoxy) is 1.